The Balaban J connectivity index is 1.49. The Kier molecular flexibility index (Phi) is 5.27. The van der Waals surface area contributed by atoms with Crippen molar-refractivity contribution >= 4 is 0 Å². The van der Waals surface area contributed by atoms with Crippen LogP contribution in [-0.2, 0) is 0 Å². The predicted molar refractivity (Wildman–Crippen MR) is 90.5 cm³/mol. The fraction of sp³-hybridized carbons (Fsp3) is 1.00. The monoisotopic (exact) mass is 292 g/mol. The quantitative estimate of drug-likeness (QED) is 0.826. The van der Waals surface area contributed by atoms with Gasteiger partial charge in [0.25, 0.3) is 0 Å². The summed E-state index contributed by atoms with van der Waals surface area (Å²) in [5.74, 6) is 3.78. The highest BCUT2D eigenvalue weighted by Crippen LogP contribution is 2.35. The van der Waals surface area contributed by atoms with Gasteiger partial charge in [0.15, 0.2) is 0 Å². The van der Waals surface area contributed by atoms with E-state index in [-0.39, 0.29) is 0 Å². The van der Waals surface area contributed by atoms with E-state index in [0.29, 0.717) is 0 Å². The van der Waals surface area contributed by atoms with Gasteiger partial charge < -0.3 is 5.32 Å². The van der Waals surface area contributed by atoms with Gasteiger partial charge >= 0.3 is 0 Å². The maximum absolute atomic E-state index is 3.84. The second-order valence-corrected chi connectivity index (χ2v) is 8.57. The van der Waals surface area contributed by atoms with Crippen molar-refractivity contribution in [2.24, 2.45) is 23.7 Å². The molecule has 0 aromatic rings. The summed E-state index contributed by atoms with van der Waals surface area (Å²) in [5, 5.41) is 3.84. The molecule has 2 saturated carbocycles. The predicted octanol–water partition coefficient (Wildman–Crippen LogP) is 3.91. The van der Waals surface area contributed by atoms with E-state index in [1.807, 2.05) is 0 Å². The first kappa shape index (κ1) is 15.8. The lowest BCUT2D eigenvalue weighted by Crippen LogP contribution is -2.59. The van der Waals surface area contributed by atoms with Crippen LogP contribution in [0.1, 0.15) is 65.7 Å². The van der Waals surface area contributed by atoms with Crippen molar-refractivity contribution in [2.75, 3.05) is 19.6 Å². The van der Waals surface area contributed by atoms with Crippen molar-refractivity contribution in [2.45, 2.75) is 77.8 Å². The first-order valence-corrected chi connectivity index (χ1v) is 9.61. The molecule has 2 atom stereocenters. The van der Waals surface area contributed by atoms with Crippen molar-refractivity contribution in [3.63, 3.8) is 0 Å². The Bertz CT molecular complexity index is 316. The number of piperazine rings is 1. The lowest BCUT2D eigenvalue weighted by atomic mass is 9.81. The van der Waals surface area contributed by atoms with Gasteiger partial charge in [-0.1, -0.05) is 46.5 Å². The number of nitrogens with one attached hydrogen (secondary N) is 1. The smallest absolute Gasteiger partial charge is 0.0244 e. The Morgan fingerprint density at radius 1 is 1.05 bits per heavy atom. The van der Waals surface area contributed by atoms with E-state index in [4.69, 9.17) is 0 Å². The van der Waals surface area contributed by atoms with Crippen molar-refractivity contribution in [1.29, 1.82) is 0 Å². The highest BCUT2D eigenvalue weighted by Gasteiger charge is 2.37. The summed E-state index contributed by atoms with van der Waals surface area (Å²) in [6, 6.07) is 1.56. The number of hydrogen-bond acceptors (Lipinski definition) is 2. The van der Waals surface area contributed by atoms with Gasteiger partial charge in [0.2, 0.25) is 0 Å². The van der Waals surface area contributed by atoms with Gasteiger partial charge in [-0.25, -0.2) is 0 Å². The third-order valence-electron chi connectivity index (χ3n) is 6.41. The molecule has 1 aliphatic heterocycles. The molecule has 0 aromatic carbocycles. The number of rotatable bonds is 5. The molecule has 1 N–H and O–H groups in total. The number of nitrogens with zero attached hydrogens (tertiary/aromatic N) is 1. The minimum Gasteiger partial charge on any atom is -0.311 e. The van der Waals surface area contributed by atoms with E-state index in [1.165, 1.54) is 64.6 Å². The van der Waals surface area contributed by atoms with Gasteiger partial charge in [-0.15, -0.1) is 0 Å². The lowest BCUT2D eigenvalue weighted by Gasteiger charge is -2.43. The summed E-state index contributed by atoms with van der Waals surface area (Å²) in [4.78, 5) is 2.85. The van der Waals surface area contributed by atoms with Crippen molar-refractivity contribution in [3.05, 3.63) is 0 Å². The van der Waals surface area contributed by atoms with Gasteiger partial charge in [-0.05, 0) is 49.5 Å². The van der Waals surface area contributed by atoms with E-state index in [9.17, 15) is 0 Å². The van der Waals surface area contributed by atoms with Crippen LogP contribution >= 0.6 is 0 Å². The summed E-state index contributed by atoms with van der Waals surface area (Å²) in [6.07, 6.45) is 10.3. The molecular formula is C19H36N2. The zero-order valence-corrected chi connectivity index (χ0v) is 14.5. The summed E-state index contributed by atoms with van der Waals surface area (Å²) in [5.41, 5.74) is 0. The molecular weight excluding hydrogens is 256 g/mol. The first-order valence-electron chi connectivity index (χ1n) is 9.61. The molecule has 2 heteroatoms. The summed E-state index contributed by atoms with van der Waals surface area (Å²) >= 11 is 0. The fourth-order valence-electron chi connectivity index (χ4n) is 4.55. The summed E-state index contributed by atoms with van der Waals surface area (Å²) in [6.45, 7) is 11.1. The SMILES string of the molecule is CC1CCC(CCN2CC(C3CC3)NCC2C(C)C)CC1. The highest BCUT2D eigenvalue weighted by atomic mass is 15.2. The van der Waals surface area contributed by atoms with Gasteiger partial charge in [0.1, 0.15) is 0 Å². The lowest BCUT2D eigenvalue weighted by molar-refractivity contribution is 0.0824. The van der Waals surface area contributed by atoms with E-state index >= 15 is 0 Å². The zero-order valence-electron chi connectivity index (χ0n) is 14.5. The first-order chi connectivity index (χ1) is 10.1. The van der Waals surface area contributed by atoms with Crippen molar-refractivity contribution in [3.8, 4) is 0 Å². The van der Waals surface area contributed by atoms with Crippen LogP contribution in [0.2, 0.25) is 0 Å². The van der Waals surface area contributed by atoms with Crippen LogP contribution in [0.5, 0.6) is 0 Å². The van der Waals surface area contributed by atoms with E-state index in [0.717, 1.165) is 35.8 Å². The molecule has 122 valence electrons. The average Bonchev–Trinajstić information content (AvgIpc) is 3.31. The van der Waals surface area contributed by atoms with E-state index < -0.39 is 0 Å². The maximum atomic E-state index is 3.84. The average molecular weight is 293 g/mol. The van der Waals surface area contributed by atoms with Gasteiger partial charge in [-0.2, -0.15) is 0 Å². The van der Waals surface area contributed by atoms with E-state index in [2.05, 4.69) is 31.0 Å². The molecule has 2 nitrogen and oxygen atoms in total. The molecule has 0 spiro atoms. The van der Waals surface area contributed by atoms with Gasteiger partial charge in [0.05, 0.1) is 0 Å². The Morgan fingerprint density at radius 2 is 1.76 bits per heavy atom. The fourth-order valence-corrected chi connectivity index (χ4v) is 4.55. The third kappa shape index (κ3) is 4.22. The molecule has 1 saturated heterocycles. The van der Waals surface area contributed by atoms with Crippen LogP contribution in [0, 0.1) is 23.7 Å². The third-order valence-corrected chi connectivity index (χ3v) is 6.41. The Hall–Kier alpha value is -0.0800. The minimum absolute atomic E-state index is 0.766. The molecule has 0 aromatic heterocycles. The zero-order chi connectivity index (χ0) is 14.8. The van der Waals surface area contributed by atoms with Crippen LogP contribution in [0.4, 0.5) is 0 Å². The second-order valence-electron chi connectivity index (χ2n) is 8.57. The second kappa shape index (κ2) is 7.00. The van der Waals surface area contributed by atoms with Crippen LogP contribution in [0.15, 0.2) is 0 Å². The topological polar surface area (TPSA) is 15.3 Å². The summed E-state index contributed by atoms with van der Waals surface area (Å²) < 4.78 is 0. The standard InChI is InChI=1S/C19H36N2/c1-14(2)19-12-20-18(17-8-9-17)13-21(19)11-10-16-6-4-15(3)5-7-16/h14-20H,4-13H2,1-3H3. The van der Waals surface area contributed by atoms with Gasteiger partial charge in [0, 0.05) is 25.2 Å². The largest absolute Gasteiger partial charge is 0.311 e. The maximum Gasteiger partial charge on any atom is 0.0244 e. The molecule has 3 fully saturated rings. The highest BCUT2D eigenvalue weighted by molar-refractivity contribution is 4.95. The minimum atomic E-state index is 0.766. The molecule has 0 amide bonds. The molecule has 0 radical (unpaired) electrons. The molecule has 2 aliphatic carbocycles. The normalized spacial score (nSPS) is 38.9. The van der Waals surface area contributed by atoms with Crippen LogP contribution in [0.3, 0.4) is 0 Å². The Morgan fingerprint density at radius 3 is 2.38 bits per heavy atom. The molecule has 1 heterocycles. The molecule has 3 rings (SSSR count). The number of hydrogen-bond donors (Lipinski definition) is 1. The van der Waals surface area contributed by atoms with Crippen LogP contribution in [-0.4, -0.2) is 36.6 Å². The van der Waals surface area contributed by atoms with E-state index in [1.54, 1.807) is 0 Å². The Labute approximate surface area is 132 Å². The van der Waals surface area contributed by atoms with Crippen molar-refractivity contribution < 1.29 is 0 Å². The van der Waals surface area contributed by atoms with Crippen LogP contribution < -0.4 is 5.32 Å². The molecule has 0 bridgehead atoms. The van der Waals surface area contributed by atoms with Crippen LogP contribution in [0.25, 0.3) is 0 Å². The van der Waals surface area contributed by atoms with Gasteiger partial charge in [-0.3, -0.25) is 4.90 Å². The molecule has 3 aliphatic rings. The molecule has 21 heavy (non-hydrogen) atoms. The summed E-state index contributed by atoms with van der Waals surface area (Å²) in [7, 11) is 0. The van der Waals surface area contributed by atoms with Crippen molar-refractivity contribution in [1.82, 2.24) is 10.2 Å². The molecule has 2 unspecified atom stereocenters.